The molecule has 0 bridgehead atoms. The van der Waals surface area contributed by atoms with Crippen LogP contribution in [0.3, 0.4) is 0 Å². The predicted molar refractivity (Wildman–Crippen MR) is 54.1 cm³/mol. The largest absolute Gasteiger partial charge is 0.465 e. The molecule has 0 saturated heterocycles. The van der Waals surface area contributed by atoms with Crippen LogP contribution < -0.4 is 4.74 Å². The average molecular weight is 174 g/mol. The van der Waals surface area contributed by atoms with Crippen molar-refractivity contribution < 1.29 is 4.74 Å². The molecule has 0 radical (unpaired) electrons. The SMILES string of the molecule is Cc1cc(C)c2c(c1C)OC=CC2. The summed E-state index contributed by atoms with van der Waals surface area (Å²) in [6.07, 6.45) is 4.85. The Morgan fingerprint density at radius 2 is 1.92 bits per heavy atom. The number of hydrogen-bond donors (Lipinski definition) is 0. The van der Waals surface area contributed by atoms with E-state index in [9.17, 15) is 0 Å². The third-order valence-corrected chi connectivity index (χ3v) is 2.72. The first-order chi connectivity index (χ1) is 6.20. The van der Waals surface area contributed by atoms with E-state index in [2.05, 4.69) is 32.9 Å². The number of ether oxygens (including phenoxy) is 1. The maximum atomic E-state index is 5.54. The molecule has 0 N–H and O–H groups in total. The molecule has 1 heteroatoms. The van der Waals surface area contributed by atoms with Crippen LogP contribution in [0.15, 0.2) is 18.4 Å². The van der Waals surface area contributed by atoms with Gasteiger partial charge in [0.15, 0.2) is 0 Å². The van der Waals surface area contributed by atoms with Gasteiger partial charge in [0.1, 0.15) is 5.75 Å². The van der Waals surface area contributed by atoms with Gasteiger partial charge in [-0.3, -0.25) is 0 Å². The third kappa shape index (κ3) is 1.24. The first kappa shape index (κ1) is 8.36. The number of fused-ring (bicyclic) bond motifs is 1. The van der Waals surface area contributed by atoms with Gasteiger partial charge in [0.2, 0.25) is 0 Å². The summed E-state index contributed by atoms with van der Waals surface area (Å²) in [5.41, 5.74) is 5.25. The Balaban J connectivity index is 2.66. The van der Waals surface area contributed by atoms with Gasteiger partial charge >= 0.3 is 0 Å². The Hall–Kier alpha value is -1.24. The molecule has 1 aromatic carbocycles. The fourth-order valence-corrected chi connectivity index (χ4v) is 1.80. The third-order valence-electron chi connectivity index (χ3n) is 2.72. The normalized spacial score (nSPS) is 13.8. The second-order valence-electron chi connectivity index (χ2n) is 3.64. The van der Waals surface area contributed by atoms with E-state index in [1.807, 2.05) is 0 Å². The van der Waals surface area contributed by atoms with Gasteiger partial charge in [-0.1, -0.05) is 6.07 Å². The molecule has 0 aliphatic carbocycles. The van der Waals surface area contributed by atoms with Gasteiger partial charge in [-0.15, -0.1) is 0 Å². The van der Waals surface area contributed by atoms with Crippen molar-refractivity contribution >= 4 is 0 Å². The molecular weight excluding hydrogens is 160 g/mol. The fourth-order valence-electron chi connectivity index (χ4n) is 1.80. The highest BCUT2D eigenvalue weighted by molar-refractivity contribution is 5.51. The highest BCUT2D eigenvalue weighted by atomic mass is 16.5. The Labute approximate surface area is 79.0 Å². The van der Waals surface area contributed by atoms with Gasteiger partial charge in [-0.05, 0) is 50.0 Å². The van der Waals surface area contributed by atoms with E-state index < -0.39 is 0 Å². The lowest BCUT2D eigenvalue weighted by atomic mass is 9.96. The number of rotatable bonds is 0. The molecule has 0 amide bonds. The first-order valence-corrected chi connectivity index (χ1v) is 4.61. The summed E-state index contributed by atoms with van der Waals surface area (Å²) in [4.78, 5) is 0. The minimum Gasteiger partial charge on any atom is -0.465 e. The van der Waals surface area contributed by atoms with E-state index in [0.29, 0.717) is 0 Å². The summed E-state index contributed by atoms with van der Waals surface area (Å²) in [5.74, 6) is 1.07. The minimum atomic E-state index is 1.00. The second kappa shape index (κ2) is 2.91. The van der Waals surface area contributed by atoms with Crippen molar-refractivity contribution in [2.45, 2.75) is 27.2 Å². The smallest absolute Gasteiger partial charge is 0.133 e. The summed E-state index contributed by atoms with van der Waals surface area (Å²) < 4.78 is 5.54. The van der Waals surface area contributed by atoms with Crippen LogP contribution in [0.5, 0.6) is 5.75 Å². The standard InChI is InChI=1S/C12H14O/c1-8-7-9(2)11-5-4-6-13-12(11)10(8)3/h4,6-7H,5H2,1-3H3. The fraction of sp³-hybridized carbons (Fsp3) is 0.333. The molecule has 0 unspecified atom stereocenters. The number of allylic oxidation sites excluding steroid dienone is 1. The quantitative estimate of drug-likeness (QED) is 0.587. The summed E-state index contributed by atoms with van der Waals surface area (Å²) in [6, 6.07) is 2.23. The number of benzene rings is 1. The first-order valence-electron chi connectivity index (χ1n) is 4.61. The van der Waals surface area contributed by atoms with Gasteiger partial charge in [0.05, 0.1) is 6.26 Å². The van der Waals surface area contributed by atoms with Crippen LogP contribution in [0.1, 0.15) is 22.3 Å². The van der Waals surface area contributed by atoms with Crippen LogP contribution in [0.4, 0.5) is 0 Å². The van der Waals surface area contributed by atoms with E-state index >= 15 is 0 Å². The van der Waals surface area contributed by atoms with Gasteiger partial charge in [-0.25, -0.2) is 0 Å². The maximum absolute atomic E-state index is 5.54. The highest BCUT2D eigenvalue weighted by Gasteiger charge is 2.13. The van der Waals surface area contributed by atoms with Crippen molar-refractivity contribution in [3.05, 3.63) is 40.7 Å². The topological polar surface area (TPSA) is 9.23 Å². The van der Waals surface area contributed by atoms with Gasteiger partial charge in [0, 0.05) is 5.56 Å². The van der Waals surface area contributed by atoms with Gasteiger partial charge < -0.3 is 4.74 Å². The van der Waals surface area contributed by atoms with Crippen molar-refractivity contribution in [1.29, 1.82) is 0 Å². The van der Waals surface area contributed by atoms with Crippen LogP contribution in [-0.4, -0.2) is 0 Å². The van der Waals surface area contributed by atoms with Crippen molar-refractivity contribution in [3.63, 3.8) is 0 Å². The predicted octanol–water partition coefficient (Wildman–Crippen LogP) is 3.06. The summed E-state index contributed by atoms with van der Waals surface area (Å²) in [5, 5.41) is 0. The maximum Gasteiger partial charge on any atom is 0.133 e. The van der Waals surface area contributed by atoms with Crippen molar-refractivity contribution in [2.75, 3.05) is 0 Å². The molecule has 13 heavy (non-hydrogen) atoms. The molecule has 1 aromatic rings. The van der Waals surface area contributed by atoms with E-state index in [0.717, 1.165) is 12.2 Å². The molecule has 0 saturated carbocycles. The summed E-state index contributed by atoms with van der Waals surface area (Å²) in [6.45, 7) is 6.39. The van der Waals surface area contributed by atoms with Crippen LogP contribution in [-0.2, 0) is 6.42 Å². The Kier molecular flexibility index (Phi) is 1.87. The molecule has 0 fully saturated rings. The number of aryl methyl sites for hydroxylation is 2. The lowest BCUT2D eigenvalue weighted by molar-refractivity contribution is 0.459. The molecule has 0 atom stereocenters. The minimum absolute atomic E-state index is 1.00. The zero-order valence-electron chi connectivity index (χ0n) is 8.35. The van der Waals surface area contributed by atoms with Crippen LogP contribution in [0.25, 0.3) is 0 Å². The van der Waals surface area contributed by atoms with E-state index in [4.69, 9.17) is 4.74 Å². The molecule has 0 spiro atoms. The highest BCUT2D eigenvalue weighted by Crippen LogP contribution is 2.32. The molecule has 68 valence electrons. The zero-order valence-corrected chi connectivity index (χ0v) is 8.35. The lowest BCUT2D eigenvalue weighted by Gasteiger charge is -2.18. The zero-order chi connectivity index (χ0) is 9.42. The monoisotopic (exact) mass is 174 g/mol. The van der Waals surface area contributed by atoms with E-state index in [1.54, 1.807) is 6.26 Å². The molecule has 1 heterocycles. The van der Waals surface area contributed by atoms with Gasteiger partial charge in [0.25, 0.3) is 0 Å². The van der Waals surface area contributed by atoms with Crippen LogP contribution in [0, 0.1) is 20.8 Å². The molecule has 1 nitrogen and oxygen atoms in total. The summed E-state index contributed by atoms with van der Waals surface area (Å²) >= 11 is 0. The molecule has 0 aromatic heterocycles. The van der Waals surface area contributed by atoms with Crippen molar-refractivity contribution in [3.8, 4) is 5.75 Å². The lowest BCUT2D eigenvalue weighted by Crippen LogP contribution is -2.02. The van der Waals surface area contributed by atoms with Crippen molar-refractivity contribution in [1.82, 2.24) is 0 Å². The Morgan fingerprint density at radius 3 is 2.69 bits per heavy atom. The summed E-state index contributed by atoms with van der Waals surface area (Å²) in [7, 11) is 0. The number of hydrogen-bond acceptors (Lipinski definition) is 1. The molecule has 1 aliphatic rings. The Morgan fingerprint density at radius 1 is 1.15 bits per heavy atom. The second-order valence-corrected chi connectivity index (χ2v) is 3.64. The van der Waals surface area contributed by atoms with Crippen LogP contribution >= 0.6 is 0 Å². The van der Waals surface area contributed by atoms with E-state index in [1.165, 1.54) is 22.3 Å². The average Bonchev–Trinajstić information content (AvgIpc) is 2.15. The van der Waals surface area contributed by atoms with Gasteiger partial charge in [-0.2, -0.15) is 0 Å². The van der Waals surface area contributed by atoms with Crippen molar-refractivity contribution in [2.24, 2.45) is 0 Å². The Bertz CT molecular complexity index is 375. The molecule has 1 aliphatic heterocycles. The molecular formula is C12H14O. The molecule has 2 rings (SSSR count). The van der Waals surface area contributed by atoms with E-state index in [-0.39, 0.29) is 0 Å². The van der Waals surface area contributed by atoms with Crippen LogP contribution in [0.2, 0.25) is 0 Å².